The number of halogens is 3. The van der Waals surface area contributed by atoms with Crippen LogP contribution in [0.25, 0.3) is 0 Å². The first-order chi connectivity index (χ1) is 13.4. The van der Waals surface area contributed by atoms with Gasteiger partial charge in [0.1, 0.15) is 11.6 Å². The normalized spacial score (nSPS) is 10.7. The zero-order chi connectivity index (χ0) is 20.7. The Morgan fingerprint density at radius 2 is 2.21 bits per heavy atom. The fourth-order valence-electron chi connectivity index (χ4n) is 2.16. The van der Waals surface area contributed by atoms with Crippen molar-refractivity contribution in [2.24, 2.45) is 5.10 Å². The molecule has 28 heavy (non-hydrogen) atoms. The standard InChI is InChI=1S/C18H15BrCl2N4O3/c1-10-17(19)14(8-27-2)13(6-22)18(24-10)28-9-16(26)25-23-7-11-3-4-12(20)5-15(11)21/h3-5,7H,8-9H2,1-2H3,(H,25,26)/b23-7-. The number of hydrazone groups is 1. The maximum Gasteiger partial charge on any atom is 0.278 e. The Labute approximate surface area is 180 Å². The highest BCUT2D eigenvalue weighted by Crippen LogP contribution is 2.29. The van der Waals surface area contributed by atoms with Gasteiger partial charge in [0, 0.05) is 27.7 Å². The number of ether oxygens (including phenoxy) is 2. The van der Waals surface area contributed by atoms with Crippen molar-refractivity contribution in [3.05, 3.63) is 55.1 Å². The van der Waals surface area contributed by atoms with Crippen molar-refractivity contribution in [2.75, 3.05) is 13.7 Å². The number of carbonyl (C=O) groups excluding carboxylic acids is 1. The van der Waals surface area contributed by atoms with E-state index in [9.17, 15) is 10.1 Å². The van der Waals surface area contributed by atoms with Gasteiger partial charge in [-0.1, -0.05) is 29.3 Å². The Hall–Kier alpha value is -2.18. The highest BCUT2D eigenvalue weighted by Gasteiger charge is 2.18. The minimum Gasteiger partial charge on any atom is -0.467 e. The third kappa shape index (κ3) is 5.66. The summed E-state index contributed by atoms with van der Waals surface area (Å²) in [6, 6.07) is 6.92. The lowest BCUT2D eigenvalue weighted by molar-refractivity contribution is -0.123. The molecule has 2 rings (SSSR count). The van der Waals surface area contributed by atoms with Gasteiger partial charge in [0.15, 0.2) is 6.61 Å². The van der Waals surface area contributed by atoms with Crippen LogP contribution >= 0.6 is 39.1 Å². The van der Waals surface area contributed by atoms with Crippen LogP contribution in [0.5, 0.6) is 5.88 Å². The molecule has 1 aromatic carbocycles. The van der Waals surface area contributed by atoms with Crippen molar-refractivity contribution in [3.63, 3.8) is 0 Å². The minimum absolute atomic E-state index is 0.0510. The molecule has 7 nitrogen and oxygen atoms in total. The van der Waals surface area contributed by atoms with E-state index < -0.39 is 5.91 Å². The van der Waals surface area contributed by atoms with E-state index in [1.54, 1.807) is 25.1 Å². The summed E-state index contributed by atoms with van der Waals surface area (Å²) in [7, 11) is 1.52. The van der Waals surface area contributed by atoms with Gasteiger partial charge in [-0.3, -0.25) is 4.79 Å². The number of hydrogen-bond acceptors (Lipinski definition) is 6. The van der Waals surface area contributed by atoms with Crippen LogP contribution in [0.2, 0.25) is 10.0 Å². The fraction of sp³-hybridized carbons (Fsp3) is 0.222. The summed E-state index contributed by atoms with van der Waals surface area (Å²) in [4.78, 5) is 16.2. The molecule has 0 spiro atoms. The first-order valence-electron chi connectivity index (χ1n) is 7.85. The second-order valence-corrected chi connectivity index (χ2v) is 7.10. The highest BCUT2D eigenvalue weighted by atomic mass is 79.9. The molecule has 0 saturated heterocycles. The molecule has 0 fully saturated rings. The highest BCUT2D eigenvalue weighted by molar-refractivity contribution is 9.10. The van der Waals surface area contributed by atoms with Gasteiger partial charge in [-0.05, 0) is 35.0 Å². The van der Waals surface area contributed by atoms with Crippen molar-refractivity contribution in [1.29, 1.82) is 5.26 Å². The molecule has 1 amide bonds. The molecule has 0 radical (unpaired) electrons. The quantitative estimate of drug-likeness (QED) is 0.472. The Balaban J connectivity index is 2.04. The minimum atomic E-state index is -0.527. The van der Waals surface area contributed by atoms with Crippen molar-refractivity contribution in [1.82, 2.24) is 10.4 Å². The van der Waals surface area contributed by atoms with E-state index in [0.29, 0.717) is 31.3 Å². The van der Waals surface area contributed by atoms with Crippen molar-refractivity contribution < 1.29 is 14.3 Å². The van der Waals surface area contributed by atoms with Crippen LogP contribution in [0.1, 0.15) is 22.4 Å². The van der Waals surface area contributed by atoms with Crippen LogP contribution in [0.15, 0.2) is 27.8 Å². The number of amides is 1. The monoisotopic (exact) mass is 484 g/mol. The van der Waals surface area contributed by atoms with Crippen LogP contribution in [-0.2, 0) is 16.1 Å². The summed E-state index contributed by atoms with van der Waals surface area (Å²) in [6.07, 6.45) is 1.38. The van der Waals surface area contributed by atoms with Crippen LogP contribution < -0.4 is 10.2 Å². The first kappa shape index (κ1) is 22.1. The maximum absolute atomic E-state index is 12.0. The number of nitrogens with one attached hydrogen (secondary N) is 1. The second-order valence-electron chi connectivity index (χ2n) is 5.46. The lowest BCUT2D eigenvalue weighted by Gasteiger charge is -2.13. The van der Waals surface area contributed by atoms with E-state index in [-0.39, 0.29) is 24.7 Å². The fourth-order valence-corrected chi connectivity index (χ4v) is 3.02. The van der Waals surface area contributed by atoms with Gasteiger partial charge in [0.2, 0.25) is 5.88 Å². The van der Waals surface area contributed by atoms with Gasteiger partial charge < -0.3 is 9.47 Å². The molecule has 1 heterocycles. The van der Waals surface area contributed by atoms with Gasteiger partial charge in [0.05, 0.1) is 23.5 Å². The molecule has 0 bridgehead atoms. The molecule has 146 valence electrons. The predicted molar refractivity (Wildman–Crippen MR) is 110 cm³/mol. The lowest BCUT2D eigenvalue weighted by atomic mass is 10.1. The smallest absolute Gasteiger partial charge is 0.278 e. The predicted octanol–water partition coefficient (Wildman–Crippen LogP) is 4.01. The number of benzene rings is 1. The topological polar surface area (TPSA) is 96.6 Å². The number of nitriles is 1. The molecular weight excluding hydrogens is 471 g/mol. The Morgan fingerprint density at radius 3 is 2.86 bits per heavy atom. The van der Waals surface area contributed by atoms with E-state index in [1.165, 1.54) is 13.3 Å². The summed E-state index contributed by atoms with van der Waals surface area (Å²) in [6.45, 7) is 1.57. The molecule has 0 unspecified atom stereocenters. The third-order valence-corrected chi connectivity index (χ3v) is 5.08. The number of aromatic nitrogens is 1. The van der Waals surface area contributed by atoms with Gasteiger partial charge in [-0.15, -0.1) is 0 Å². The van der Waals surface area contributed by atoms with Gasteiger partial charge in [0.25, 0.3) is 5.91 Å². The van der Waals surface area contributed by atoms with Crippen LogP contribution in [0.4, 0.5) is 0 Å². The Kier molecular flexibility index (Phi) is 8.20. The van der Waals surface area contributed by atoms with Gasteiger partial charge in [-0.25, -0.2) is 10.4 Å². The summed E-state index contributed by atoms with van der Waals surface area (Å²) in [5.41, 5.74) is 4.31. The Morgan fingerprint density at radius 1 is 1.46 bits per heavy atom. The average Bonchev–Trinajstić information content (AvgIpc) is 2.66. The van der Waals surface area contributed by atoms with E-state index in [2.05, 4.69) is 31.4 Å². The van der Waals surface area contributed by atoms with Crippen molar-refractivity contribution in [3.8, 4) is 11.9 Å². The van der Waals surface area contributed by atoms with Crippen LogP contribution in [0.3, 0.4) is 0 Å². The molecule has 0 aliphatic heterocycles. The third-order valence-electron chi connectivity index (χ3n) is 3.46. The van der Waals surface area contributed by atoms with E-state index >= 15 is 0 Å². The average molecular weight is 486 g/mol. The zero-order valence-corrected chi connectivity index (χ0v) is 18.0. The van der Waals surface area contributed by atoms with Gasteiger partial charge in [-0.2, -0.15) is 10.4 Å². The number of aryl methyl sites for hydroxylation is 1. The van der Waals surface area contributed by atoms with Crippen molar-refractivity contribution >= 4 is 51.3 Å². The molecular formula is C18H15BrCl2N4O3. The number of hydrogen-bond donors (Lipinski definition) is 1. The molecule has 1 N–H and O–H groups in total. The number of carbonyl (C=O) groups is 1. The molecule has 0 atom stereocenters. The SMILES string of the molecule is COCc1c(Br)c(C)nc(OCC(=O)N/N=C\c2ccc(Cl)cc2Cl)c1C#N. The first-order valence-corrected chi connectivity index (χ1v) is 9.40. The summed E-state index contributed by atoms with van der Waals surface area (Å²) < 4.78 is 11.2. The molecule has 0 aliphatic carbocycles. The molecule has 1 aromatic heterocycles. The van der Waals surface area contributed by atoms with Crippen molar-refractivity contribution in [2.45, 2.75) is 13.5 Å². The van der Waals surface area contributed by atoms with Crippen LogP contribution in [-0.4, -0.2) is 30.8 Å². The largest absolute Gasteiger partial charge is 0.467 e. The number of nitrogens with zero attached hydrogens (tertiary/aromatic N) is 3. The molecule has 0 aliphatic rings. The molecule has 10 heteroatoms. The summed E-state index contributed by atoms with van der Waals surface area (Å²) in [5, 5.41) is 14.1. The van der Waals surface area contributed by atoms with E-state index in [0.717, 1.165) is 0 Å². The number of methoxy groups -OCH3 is 1. The molecule has 0 saturated carbocycles. The second kappa shape index (κ2) is 10.4. The van der Waals surface area contributed by atoms with Gasteiger partial charge >= 0.3 is 0 Å². The van der Waals surface area contributed by atoms with Crippen LogP contribution in [0, 0.1) is 18.3 Å². The molecule has 2 aromatic rings. The summed E-state index contributed by atoms with van der Waals surface area (Å²) >= 11 is 15.2. The number of pyridine rings is 1. The van der Waals surface area contributed by atoms with E-state index in [1.807, 2.05) is 6.07 Å². The van der Waals surface area contributed by atoms with E-state index in [4.69, 9.17) is 32.7 Å². The lowest BCUT2D eigenvalue weighted by Crippen LogP contribution is -2.25. The Bertz CT molecular complexity index is 961. The summed E-state index contributed by atoms with van der Waals surface area (Å²) in [5.74, 6) is -0.476. The number of rotatable bonds is 7. The maximum atomic E-state index is 12.0. The zero-order valence-electron chi connectivity index (χ0n) is 14.9.